The second-order valence-corrected chi connectivity index (χ2v) is 5.52. The number of carbonyl (C=O) groups excluding carboxylic acids is 1. The van der Waals surface area contributed by atoms with Crippen LogP contribution in [0, 0.1) is 5.92 Å². The maximum atomic E-state index is 12.3. The molecule has 1 aromatic carbocycles. The average Bonchev–Trinajstić information content (AvgIpc) is 2.48. The number of carboxylic acid groups (broad SMARTS) is 1. The van der Waals surface area contributed by atoms with Gasteiger partial charge in [0.05, 0.1) is 12.5 Å². The molecule has 1 aliphatic rings. The van der Waals surface area contributed by atoms with Crippen molar-refractivity contribution in [1.82, 2.24) is 5.32 Å². The number of hydrogen-bond acceptors (Lipinski definition) is 3. The summed E-state index contributed by atoms with van der Waals surface area (Å²) in [5, 5.41) is 15.0. The number of benzene rings is 1. The molecule has 0 aliphatic carbocycles. The molecular weight excluding hydrogens is 268 g/mol. The summed E-state index contributed by atoms with van der Waals surface area (Å²) in [5.74, 6) is -0.402. The Morgan fingerprint density at radius 3 is 2.86 bits per heavy atom. The van der Waals surface area contributed by atoms with Crippen molar-refractivity contribution in [2.75, 3.05) is 11.9 Å². The Morgan fingerprint density at radius 1 is 1.38 bits per heavy atom. The van der Waals surface area contributed by atoms with E-state index in [2.05, 4.69) is 17.6 Å². The highest BCUT2D eigenvalue weighted by Crippen LogP contribution is 2.21. The third-order valence-corrected chi connectivity index (χ3v) is 4.02. The van der Waals surface area contributed by atoms with Gasteiger partial charge in [-0.1, -0.05) is 31.5 Å². The molecule has 1 amide bonds. The van der Waals surface area contributed by atoms with Crippen molar-refractivity contribution < 1.29 is 14.7 Å². The topological polar surface area (TPSA) is 78.4 Å². The Balaban J connectivity index is 2.04. The lowest BCUT2D eigenvalue weighted by atomic mass is 9.90. The van der Waals surface area contributed by atoms with Crippen LogP contribution in [-0.4, -0.2) is 29.6 Å². The number of hydrogen-bond donors (Lipinski definition) is 3. The molecule has 0 saturated carbocycles. The van der Waals surface area contributed by atoms with Crippen LogP contribution < -0.4 is 10.6 Å². The fourth-order valence-corrected chi connectivity index (χ4v) is 2.75. The van der Waals surface area contributed by atoms with E-state index in [9.17, 15) is 9.59 Å². The molecule has 3 N–H and O–H groups in total. The Bertz CT molecular complexity index is 516. The van der Waals surface area contributed by atoms with Gasteiger partial charge in [-0.2, -0.15) is 0 Å². The molecule has 5 nitrogen and oxygen atoms in total. The Hall–Kier alpha value is -1.88. The van der Waals surface area contributed by atoms with Crippen LogP contribution in [0.1, 0.15) is 31.7 Å². The summed E-state index contributed by atoms with van der Waals surface area (Å²) < 4.78 is 0. The van der Waals surface area contributed by atoms with Gasteiger partial charge in [-0.25, -0.2) is 0 Å². The van der Waals surface area contributed by atoms with Crippen LogP contribution in [0.15, 0.2) is 24.3 Å². The van der Waals surface area contributed by atoms with E-state index in [1.54, 1.807) is 24.3 Å². The molecule has 2 atom stereocenters. The van der Waals surface area contributed by atoms with Gasteiger partial charge in [0, 0.05) is 5.69 Å². The summed E-state index contributed by atoms with van der Waals surface area (Å²) in [6.45, 7) is 3.00. The fourth-order valence-electron chi connectivity index (χ4n) is 2.75. The van der Waals surface area contributed by atoms with Crippen LogP contribution in [0.5, 0.6) is 0 Å². The molecule has 1 fully saturated rings. The molecule has 5 heteroatoms. The van der Waals surface area contributed by atoms with E-state index < -0.39 is 5.97 Å². The molecule has 1 saturated heterocycles. The minimum Gasteiger partial charge on any atom is -0.481 e. The van der Waals surface area contributed by atoms with E-state index in [-0.39, 0.29) is 18.4 Å². The van der Waals surface area contributed by atoms with Crippen molar-refractivity contribution in [3.05, 3.63) is 29.8 Å². The standard InChI is InChI=1S/C16H22N2O3/c1-2-11-7-8-17-14(9-11)16(21)18-13-6-4-3-5-12(13)10-15(19)20/h3-6,11,14,17H,2,7-10H2,1H3,(H,18,21)(H,19,20). The smallest absolute Gasteiger partial charge is 0.307 e. The van der Waals surface area contributed by atoms with E-state index in [1.807, 2.05) is 0 Å². The van der Waals surface area contributed by atoms with E-state index in [0.717, 1.165) is 25.8 Å². The Labute approximate surface area is 124 Å². The first kappa shape index (κ1) is 15.5. The lowest BCUT2D eigenvalue weighted by Gasteiger charge is -2.29. The highest BCUT2D eigenvalue weighted by Gasteiger charge is 2.26. The zero-order valence-corrected chi connectivity index (χ0v) is 12.3. The van der Waals surface area contributed by atoms with Crippen molar-refractivity contribution in [1.29, 1.82) is 0 Å². The van der Waals surface area contributed by atoms with Crippen LogP contribution in [0.2, 0.25) is 0 Å². The van der Waals surface area contributed by atoms with Gasteiger partial charge in [0.15, 0.2) is 0 Å². The minimum atomic E-state index is -0.904. The monoisotopic (exact) mass is 290 g/mol. The predicted molar refractivity (Wildman–Crippen MR) is 81.2 cm³/mol. The van der Waals surface area contributed by atoms with Crippen LogP contribution >= 0.6 is 0 Å². The molecular formula is C16H22N2O3. The maximum absolute atomic E-state index is 12.3. The first-order valence-electron chi connectivity index (χ1n) is 7.44. The zero-order valence-electron chi connectivity index (χ0n) is 12.3. The summed E-state index contributed by atoms with van der Waals surface area (Å²) in [6, 6.07) is 6.86. The number of aliphatic carboxylic acids is 1. The molecule has 21 heavy (non-hydrogen) atoms. The number of nitrogens with one attached hydrogen (secondary N) is 2. The summed E-state index contributed by atoms with van der Waals surface area (Å²) in [7, 11) is 0. The number of rotatable bonds is 5. The van der Waals surface area contributed by atoms with Crippen molar-refractivity contribution in [3.63, 3.8) is 0 Å². The van der Waals surface area contributed by atoms with E-state index in [1.165, 1.54) is 0 Å². The molecule has 0 radical (unpaired) electrons. The average molecular weight is 290 g/mol. The number of anilines is 1. The van der Waals surface area contributed by atoms with E-state index >= 15 is 0 Å². The lowest BCUT2D eigenvalue weighted by Crippen LogP contribution is -2.46. The number of carbonyl (C=O) groups is 2. The number of amides is 1. The third kappa shape index (κ3) is 4.29. The predicted octanol–water partition coefficient (Wildman–Crippen LogP) is 2.03. The van der Waals surface area contributed by atoms with Gasteiger partial charge in [-0.3, -0.25) is 9.59 Å². The van der Waals surface area contributed by atoms with Crippen molar-refractivity contribution in [2.24, 2.45) is 5.92 Å². The number of piperidine rings is 1. The molecule has 114 valence electrons. The highest BCUT2D eigenvalue weighted by molar-refractivity contribution is 5.96. The molecule has 1 aliphatic heterocycles. The first-order chi connectivity index (χ1) is 10.1. The molecule has 2 unspecified atom stereocenters. The minimum absolute atomic E-state index is 0.0778. The van der Waals surface area contributed by atoms with Crippen LogP contribution in [0.4, 0.5) is 5.69 Å². The van der Waals surface area contributed by atoms with Gasteiger partial charge >= 0.3 is 5.97 Å². The van der Waals surface area contributed by atoms with Gasteiger partial charge in [-0.15, -0.1) is 0 Å². The van der Waals surface area contributed by atoms with Crippen LogP contribution in [0.3, 0.4) is 0 Å². The Kier molecular flexibility index (Phi) is 5.33. The first-order valence-corrected chi connectivity index (χ1v) is 7.44. The van der Waals surface area contributed by atoms with Crippen molar-refractivity contribution >= 4 is 17.6 Å². The molecule has 0 spiro atoms. The molecule has 0 bridgehead atoms. The van der Waals surface area contributed by atoms with Crippen molar-refractivity contribution in [2.45, 2.75) is 38.6 Å². The molecule has 2 rings (SSSR count). The van der Waals surface area contributed by atoms with Crippen LogP contribution in [0.25, 0.3) is 0 Å². The van der Waals surface area contributed by atoms with E-state index in [0.29, 0.717) is 17.2 Å². The second-order valence-electron chi connectivity index (χ2n) is 5.52. The number of carboxylic acids is 1. The zero-order chi connectivity index (χ0) is 15.2. The number of para-hydroxylation sites is 1. The second kappa shape index (κ2) is 7.22. The lowest BCUT2D eigenvalue weighted by molar-refractivity contribution is -0.136. The summed E-state index contributed by atoms with van der Waals surface area (Å²) in [5.41, 5.74) is 1.21. The third-order valence-electron chi connectivity index (χ3n) is 4.02. The van der Waals surface area contributed by atoms with Crippen LogP contribution in [-0.2, 0) is 16.0 Å². The SMILES string of the molecule is CCC1CCNC(C(=O)Nc2ccccc2CC(=O)O)C1. The van der Waals surface area contributed by atoms with Gasteiger partial charge in [0.2, 0.25) is 5.91 Å². The largest absolute Gasteiger partial charge is 0.481 e. The maximum Gasteiger partial charge on any atom is 0.307 e. The molecule has 1 aromatic rings. The quantitative estimate of drug-likeness (QED) is 0.775. The Morgan fingerprint density at radius 2 is 2.14 bits per heavy atom. The van der Waals surface area contributed by atoms with Crippen molar-refractivity contribution in [3.8, 4) is 0 Å². The van der Waals surface area contributed by atoms with E-state index in [4.69, 9.17) is 5.11 Å². The van der Waals surface area contributed by atoms with Gasteiger partial charge in [0.1, 0.15) is 0 Å². The normalized spacial score (nSPS) is 21.8. The van der Waals surface area contributed by atoms with Gasteiger partial charge in [-0.05, 0) is 36.9 Å². The summed E-state index contributed by atoms with van der Waals surface area (Å²) in [4.78, 5) is 23.2. The summed E-state index contributed by atoms with van der Waals surface area (Å²) >= 11 is 0. The molecule has 1 heterocycles. The van der Waals surface area contributed by atoms with Gasteiger partial charge < -0.3 is 15.7 Å². The molecule has 0 aromatic heterocycles. The highest BCUT2D eigenvalue weighted by atomic mass is 16.4. The summed E-state index contributed by atoms with van der Waals surface area (Å²) in [6.07, 6.45) is 2.94. The van der Waals surface area contributed by atoms with Gasteiger partial charge in [0.25, 0.3) is 0 Å². The fraction of sp³-hybridized carbons (Fsp3) is 0.500.